The SMILES string of the molecule is COc1ccc(-c2nn(-c3ccccc3)cc2CNCCNC(=O)C2CC2)cc1. The summed E-state index contributed by atoms with van der Waals surface area (Å²) in [5.41, 5.74) is 4.10. The molecule has 1 amide bonds. The highest BCUT2D eigenvalue weighted by molar-refractivity contribution is 5.80. The summed E-state index contributed by atoms with van der Waals surface area (Å²) in [4.78, 5) is 11.7. The van der Waals surface area contributed by atoms with Gasteiger partial charge < -0.3 is 15.4 Å². The molecular formula is C23H26N4O2. The zero-order valence-electron chi connectivity index (χ0n) is 16.6. The quantitative estimate of drug-likeness (QED) is 0.551. The number of methoxy groups -OCH3 is 1. The van der Waals surface area contributed by atoms with Crippen molar-refractivity contribution in [3.8, 4) is 22.7 Å². The van der Waals surface area contributed by atoms with Crippen LogP contribution < -0.4 is 15.4 Å². The summed E-state index contributed by atoms with van der Waals surface area (Å²) >= 11 is 0. The fourth-order valence-corrected chi connectivity index (χ4v) is 3.23. The summed E-state index contributed by atoms with van der Waals surface area (Å²) in [6.45, 7) is 2.03. The lowest BCUT2D eigenvalue weighted by Crippen LogP contribution is -2.32. The lowest BCUT2D eigenvalue weighted by molar-refractivity contribution is -0.122. The van der Waals surface area contributed by atoms with Gasteiger partial charge in [-0.3, -0.25) is 4.79 Å². The molecule has 1 fully saturated rings. The molecule has 0 bridgehead atoms. The number of para-hydroxylation sites is 1. The summed E-state index contributed by atoms with van der Waals surface area (Å²) in [5, 5.41) is 11.2. The number of ether oxygens (including phenoxy) is 1. The van der Waals surface area contributed by atoms with Crippen molar-refractivity contribution in [2.45, 2.75) is 19.4 Å². The van der Waals surface area contributed by atoms with Crippen molar-refractivity contribution in [2.24, 2.45) is 5.92 Å². The van der Waals surface area contributed by atoms with E-state index in [0.29, 0.717) is 13.1 Å². The lowest BCUT2D eigenvalue weighted by Gasteiger charge is -2.07. The van der Waals surface area contributed by atoms with Gasteiger partial charge in [-0.2, -0.15) is 5.10 Å². The average Bonchev–Trinajstić information content (AvgIpc) is 3.54. The molecule has 0 saturated heterocycles. The molecule has 3 aromatic rings. The molecule has 6 heteroatoms. The van der Waals surface area contributed by atoms with Crippen molar-refractivity contribution in [1.29, 1.82) is 0 Å². The molecule has 0 radical (unpaired) electrons. The smallest absolute Gasteiger partial charge is 0.223 e. The maximum Gasteiger partial charge on any atom is 0.223 e. The normalized spacial score (nSPS) is 13.3. The second-order valence-electron chi connectivity index (χ2n) is 7.25. The molecule has 6 nitrogen and oxygen atoms in total. The van der Waals surface area contributed by atoms with Crippen molar-refractivity contribution in [2.75, 3.05) is 20.2 Å². The minimum absolute atomic E-state index is 0.183. The Morgan fingerprint density at radius 2 is 1.86 bits per heavy atom. The Morgan fingerprint density at radius 3 is 2.55 bits per heavy atom. The number of carbonyl (C=O) groups is 1. The molecule has 1 aliphatic carbocycles. The van der Waals surface area contributed by atoms with Crippen LogP contribution in [0.15, 0.2) is 60.8 Å². The van der Waals surface area contributed by atoms with Crippen LogP contribution in [-0.4, -0.2) is 35.9 Å². The first-order valence-electron chi connectivity index (χ1n) is 10.0. The van der Waals surface area contributed by atoms with Crippen LogP contribution in [0.1, 0.15) is 18.4 Å². The van der Waals surface area contributed by atoms with Crippen molar-refractivity contribution >= 4 is 5.91 Å². The van der Waals surface area contributed by atoms with E-state index in [1.54, 1.807) is 7.11 Å². The van der Waals surface area contributed by atoms with E-state index in [0.717, 1.165) is 47.6 Å². The molecule has 2 N–H and O–H groups in total. The van der Waals surface area contributed by atoms with Gasteiger partial charge in [-0.1, -0.05) is 18.2 Å². The Balaban J connectivity index is 1.47. The molecule has 29 heavy (non-hydrogen) atoms. The van der Waals surface area contributed by atoms with Crippen LogP contribution >= 0.6 is 0 Å². The molecule has 1 saturated carbocycles. The van der Waals surface area contributed by atoms with Gasteiger partial charge in [0, 0.05) is 42.9 Å². The largest absolute Gasteiger partial charge is 0.497 e. The molecule has 0 atom stereocenters. The maximum atomic E-state index is 11.7. The zero-order valence-corrected chi connectivity index (χ0v) is 16.6. The van der Waals surface area contributed by atoms with Gasteiger partial charge in [-0.05, 0) is 49.2 Å². The van der Waals surface area contributed by atoms with E-state index < -0.39 is 0 Å². The summed E-state index contributed by atoms with van der Waals surface area (Å²) in [6.07, 6.45) is 4.12. The third-order valence-electron chi connectivity index (χ3n) is 5.04. The minimum atomic E-state index is 0.183. The van der Waals surface area contributed by atoms with E-state index in [4.69, 9.17) is 9.84 Å². The van der Waals surface area contributed by atoms with Gasteiger partial charge in [0.05, 0.1) is 18.5 Å². The third kappa shape index (κ3) is 4.84. The van der Waals surface area contributed by atoms with Crippen LogP contribution in [-0.2, 0) is 11.3 Å². The van der Waals surface area contributed by atoms with Crippen LogP contribution in [0.25, 0.3) is 16.9 Å². The number of amides is 1. The number of carbonyl (C=O) groups excluding carboxylic acids is 1. The number of benzene rings is 2. The first-order valence-corrected chi connectivity index (χ1v) is 10.0. The summed E-state index contributed by atoms with van der Waals surface area (Å²) in [5.74, 6) is 1.26. The van der Waals surface area contributed by atoms with Crippen LogP contribution in [0, 0.1) is 5.92 Å². The first-order chi connectivity index (χ1) is 14.2. The van der Waals surface area contributed by atoms with Crippen molar-refractivity contribution < 1.29 is 9.53 Å². The number of nitrogens with zero attached hydrogens (tertiary/aromatic N) is 2. The van der Waals surface area contributed by atoms with Gasteiger partial charge in [-0.25, -0.2) is 4.68 Å². The predicted molar refractivity (Wildman–Crippen MR) is 113 cm³/mol. The van der Waals surface area contributed by atoms with Gasteiger partial charge in [0.15, 0.2) is 0 Å². The lowest BCUT2D eigenvalue weighted by atomic mass is 10.1. The standard InChI is InChI=1S/C23H26N4O2/c1-29-21-11-9-17(10-12-21)22-19(15-24-13-14-25-23(28)18-7-8-18)16-27(26-22)20-5-3-2-4-6-20/h2-6,9-12,16,18,24H,7-8,13-15H2,1H3,(H,25,28). The molecule has 1 heterocycles. The van der Waals surface area contributed by atoms with E-state index in [1.165, 1.54) is 0 Å². The number of nitrogens with one attached hydrogen (secondary N) is 2. The summed E-state index contributed by atoms with van der Waals surface area (Å²) < 4.78 is 7.18. The molecule has 2 aromatic carbocycles. The van der Waals surface area contributed by atoms with Crippen molar-refractivity contribution in [3.05, 3.63) is 66.4 Å². The predicted octanol–water partition coefficient (Wildman–Crippen LogP) is 3.16. The fourth-order valence-electron chi connectivity index (χ4n) is 3.23. The van der Waals surface area contributed by atoms with Gasteiger partial charge in [0.1, 0.15) is 5.75 Å². The number of rotatable bonds is 9. The number of hydrogen-bond donors (Lipinski definition) is 2. The van der Waals surface area contributed by atoms with E-state index in [1.807, 2.05) is 59.3 Å². The maximum absolute atomic E-state index is 11.7. The Bertz CT molecular complexity index is 947. The Kier molecular flexibility index (Phi) is 5.91. The van der Waals surface area contributed by atoms with Crippen LogP contribution in [0.5, 0.6) is 5.75 Å². The zero-order chi connectivity index (χ0) is 20.1. The van der Waals surface area contributed by atoms with Gasteiger partial charge in [0.25, 0.3) is 0 Å². The van der Waals surface area contributed by atoms with Gasteiger partial charge in [0.2, 0.25) is 5.91 Å². The minimum Gasteiger partial charge on any atom is -0.497 e. The monoisotopic (exact) mass is 390 g/mol. The van der Waals surface area contributed by atoms with E-state index in [2.05, 4.69) is 16.8 Å². The van der Waals surface area contributed by atoms with Gasteiger partial charge >= 0.3 is 0 Å². The molecule has 0 aliphatic heterocycles. The molecule has 150 valence electrons. The Morgan fingerprint density at radius 1 is 1.10 bits per heavy atom. The highest BCUT2D eigenvalue weighted by atomic mass is 16.5. The van der Waals surface area contributed by atoms with Crippen LogP contribution in [0.4, 0.5) is 0 Å². The average molecular weight is 390 g/mol. The van der Waals surface area contributed by atoms with E-state index >= 15 is 0 Å². The number of hydrogen-bond acceptors (Lipinski definition) is 4. The van der Waals surface area contributed by atoms with Crippen molar-refractivity contribution in [1.82, 2.24) is 20.4 Å². The first kappa shape index (κ1) is 19.2. The van der Waals surface area contributed by atoms with E-state index in [-0.39, 0.29) is 11.8 Å². The molecule has 1 aliphatic rings. The molecular weight excluding hydrogens is 364 g/mol. The van der Waals surface area contributed by atoms with Crippen LogP contribution in [0.3, 0.4) is 0 Å². The highest BCUT2D eigenvalue weighted by Crippen LogP contribution is 2.28. The molecule has 4 rings (SSSR count). The second kappa shape index (κ2) is 8.92. The summed E-state index contributed by atoms with van der Waals surface area (Å²) in [6, 6.07) is 18.0. The van der Waals surface area contributed by atoms with Gasteiger partial charge in [-0.15, -0.1) is 0 Å². The topological polar surface area (TPSA) is 68.2 Å². The Hall–Kier alpha value is -3.12. The van der Waals surface area contributed by atoms with Crippen LogP contribution in [0.2, 0.25) is 0 Å². The number of aromatic nitrogens is 2. The van der Waals surface area contributed by atoms with Crippen molar-refractivity contribution in [3.63, 3.8) is 0 Å². The Labute approximate surface area is 170 Å². The molecule has 0 unspecified atom stereocenters. The third-order valence-corrected chi connectivity index (χ3v) is 5.04. The second-order valence-corrected chi connectivity index (χ2v) is 7.25. The van der Waals surface area contributed by atoms with E-state index in [9.17, 15) is 4.79 Å². The highest BCUT2D eigenvalue weighted by Gasteiger charge is 2.28. The molecule has 0 spiro atoms. The summed E-state index contributed by atoms with van der Waals surface area (Å²) in [7, 11) is 1.66. The molecule has 1 aromatic heterocycles. The fraction of sp³-hybridized carbons (Fsp3) is 0.304.